The number of benzene rings is 6. The van der Waals surface area contributed by atoms with E-state index < -0.39 is 0 Å². The topological polar surface area (TPSA) is 0 Å². The molecule has 0 spiro atoms. The van der Waals surface area contributed by atoms with Gasteiger partial charge in [0.25, 0.3) is 0 Å². The first-order valence-electron chi connectivity index (χ1n) is 49.5. The van der Waals surface area contributed by atoms with Crippen molar-refractivity contribution < 1.29 is 0 Å². The molecular weight excluding hydrogens is 2470 g/mol. The maximum Gasteiger partial charge on any atom is 0.0809 e. The van der Waals surface area contributed by atoms with Crippen LogP contribution in [0, 0.1) is 11.8 Å². The molecule has 0 saturated carbocycles. The molecule has 32 heteroatoms. The van der Waals surface area contributed by atoms with Crippen LogP contribution in [0.1, 0.15) is 389 Å². The molecule has 0 nitrogen and oxygen atoms in total. The van der Waals surface area contributed by atoms with E-state index in [1.165, 1.54) is 99.5 Å². The summed E-state index contributed by atoms with van der Waals surface area (Å²) < 4.78 is 0. The average molecular weight is 2580 g/mol. The lowest BCUT2D eigenvalue weighted by atomic mass is 9.84. The minimum Gasteiger partial charge on any atom is -0.136 e. The largest absolute Gasteiger partial charge is 0.136 e. The van der Waals surface area contributed by atoms with E-state index in [0.717, 1.165) is 241 Å². The van der Waals surface area contributed by atoms with Crippen LogP contribution in [0.5, 0.6) is 0 Å². The Bertz CT molecular complexity index is 5600. The van der Waals surface area contributed by atoms with E-state index in [2.05, 4.69) is 104 Å². The fraction of sp³-hybridized carbons (Fsp3) is 0.429. The van der Waals surface area contributed by atoms with Crippen LogP contribution in [-0.4, -0.2) is 0 Å². The van der Waals surface area contributed by atoms with Crippen molar-refractivity contribution >= 4 is 431 Å². The van der Waals surface area contributed by atoms with Gasteiger partial charge in [0, 0.05) is 83.5 Å². The summed E-state index contributed by atoms with van der Waals surface area (Å²) in [5.74, 6) is -0.0311. The quantitative estimate of drug-likeness (QED) is 0.0154. The Labute approximate surface area is 1010 Å². The van der Waals surface area contributed by atoms with Gasteiger partial charge in [-0.1, -0.05) is 546 Å². The van der Waals surface area contributed by atoms with Gasteiger partial charge >= 0.3 is 0 Å². The van der Waals surface area contributed by atoms with E-state index in [1.54, 1.807) is 22.7 Å². The highest BCUT2D eigenvalue weighted by atomic mass is 35.5. The highest BCUT2D eigenvalue weighted by Gasteiger charge is 2.42. The molecule has 0 aliphatic heterocycles. The van der Waals surface area contributed by atoms with E-state index >= 15 is 0 Å². The molecule has 782 valence electrons. The molecule has 0 atom stereocenters. The predicted molar refractivity (Wildman–Crippen MR) is 665 cm³/mol. The summed E-state index contributed by atoms with van der Waals surface area (Å²) in [6, 6.07) is 0. The number of thiophene rings is 4. The van der Waals surface area contributed by atoms with Crippen LogP contribution < -0.4 is 0 Å². The number of hydrogen-bond acceptors (Lipinski definition) is 4. The Hall–Kier alpha value is 0.940. The first-order chi connectivity index (χ1) is 68.9. The first kappa shape index (κ1) is 127. The van der Waals surface area contributed by atoms with Crippen molar-refractivity contribution in [2.75, 3.05) is 0 Å². The average Bonchev–Trinajstić information content (AvgIpc) is 0.939. The number of unbranched alkanes of at least 4 members (excludes halogenated alkanes) is 24. The van der Waals surface area contributed by atoms with Gasteiger partial charge in [0.05, 0.1) is 152 Å². The Balaban J connectivity index is 1.14. The van der Waals surface area contributed by atoms with Crippen LogP contribution in [-0.2, 0) is 51.4 Å². The Morgan fingerprint density at radius 1 is 0.139 bits per heavy atom. The Morgan fingerprint density at radius 2 is 0.250 bits per heavy atom. The van der Waals surface area contributed by atoms with Crippen molar-refractivity contribution in [2.24, 2.45) is 0 Å². The van der Waals surface area contributed by atoms with Crippen LogP contribution in [0.3, 0.4) is 0 Å². The predicted octanol–water partition coefficient (Wildman–Crippen LogP) is 54.1. The summed E-state index contributed by atoms with van der Waals surface area (Å²) in [5, 5.41) is -3.18. The lowest BCUT2D eigenvalue weighted by molar-refractivity contribution is 0.651. The summed E-state index contributed by atoms with van der Waals surface area (Å²) in [7, 11) is 0. The van der Waals surface area contributed by atoms with Gasteiger partial charge in [-0.05, 0) is 196 Å². The standard InChI is InChI=1S/C112H114Cl28S4/c1-9-17-25-33-41-59-61(43-35-27-19-11-3)71(141-69(59)51-49-67-85(113)89(117)79(90(118)86(67)114)77(81-93(121)101(129)109(137)102(130)94(81)122)82-95(123)103(131)110(138)104(132)96(82)124)53-55-73-63(45-37-29-21-13-5)65(47-39-31-23-15-7)75(143-73)57-58-76-66(48-40-32-24-16-8)64(46-38-30-22-14-6)74(144-76)56-54-72-62(44-36-28-20-12-4)60(42-34-26-18-10-2)70(142-72)52-50-68-87(115)91(119)80(92(120)88(68)116)78(83-97(125)105(133)111(139)106(134)98(83)126)84-99(127)107(135)112(140)108(136)100(84)128/h49-58H,9-48H2,1-8H3/b51-49+,52-50+,55-53+,56-54+,58-57+. The third-order valence-electron chi connectivity index (χ3n) is 25.9. The molecule has 6 aromatic carbocycles. The molecule has 10 rings (SSSR count). The Morgan fingerprint density at radius 3 is 0.375 bits per heavy atom. The van der Waals surface area contributed by atoms with Crippen molar-refractivity contribution in [3.05, 3.63) is 281 Å². The minimum atomic E-state index is -0.162. The monoisotopic (exact) mass is 2570 g/mol. The van der Waals surface area contributed by atoms with Gasteiger partial charge in [-0.25, -0.2) is 0 Å². The minimum absolute atomic E-state index is 0.00425. The first-order valence-corrected chi connectivity index (χ1v) is 63.3. The van der Waals surface area contributed by atoms with Crippen molar-refractivity contribution in [1.82, 2.24) is 0 Å². The second kappa shape index (κ2) is 62.5. The van der Waals surface area contributed by atoms with Crippen LogP contribution in [0.2, 0.25) is 141 Å². The van der Waals surface area contributed by atoms with E-state index in [-0.39, 0.29) is 186 Å². The maximum atomic E-state index is 7.58. The smallest absolute Gasteiger partial charge is 0.0809 e. The van der Waals surface area contributed by atoms with Crippen LogP contribution in [0.4, 0.5) is 0 Å². The van der Waals surface area contributed by atoms with Gasteiger partial charge in [0.15, 0.2) is 0 Å². The van der Waals surface area contributed by atoms with Crippen molar-refractivity contribution in [3.8, 4) is 0 Å². The third kappa shape index (κ3) is 30.8. The van der Waals surface area contributed by atoms with Gasteiger partial charge in [-0.15, -0.1) is 45.3 Å². The van der Waals surface area contributed by atoms with Gasteiger partial charge in [-0.3, -0.25) is 0 Å². The molecule has 0 aliphatic carbocycles. The van der Waals surface area contributed by atoms with Crippen molar-refractivity contribution in [2.45, 2.75) is 312 Å². The molecule has 0 unspecified atom stereocenters. The molecule has 0 fully saturated rings. The zero-order chi connectivity index (χ0) is 105. The molecule has 10 aromatic rings. The maximum absolute atomic E-state index is 7.58. The summed E-state index contributed by atoms with van der Waals surface area (Å²) >= 11 is 206. The number of hydrogen-bond donors (Lipinski definition) is 0. The molecule has 4 aromatic heterocycles. The molecule has 0 saturated heterocycles. The molecule has 144 heavy (non-hydrogen) atoms. The van der Waals surface area contributed by atoms with Gasteiger partial charge < -0.3 is 0 Å². The SMILES string of the molecule is CCCCCCc1c(/C=C/c2sc(/C=C/c3sc(/C=C/c4c(Cl)c(Cl)c([C](c5c(Cl)c(Cl)c(Cl)c(Cl)c5Cl)c5c(Cl)c(Cl)c(Cl)c(Cl)c5Cl)c(Cl)c4Cl)c(CCCCCC)c3CCCCCC)c(CCCCCC)c2CCCCCC)sc(/C=C/c2sc(/C=C/c3c(Cl)c(Cl)c([C](c4c(Cl)c(Cl)c(Cl)c(Cl)c4Cl)c4c(Cl)c(Cl)c(Cl)c(Cl)c4Cl)c(Cl)c3Cl)c(CCCCCC)c2CCCCCC)c1CCCCCC. The van der Waals surface area contributed by atoms with Crippen molar-refractivity contribution in [3.63, 3.8) is 0 Å². The van der Waals surface area contributed by atoms with Gasteiger partial charge in [0.2, 0.25) is 0 Å². The highest BCUT2D eigenvalue weighted by molar-refractivity contribution is 7.16. The highest BCUT2D eigenvalue weighted by Crippen LogP contribution is 2.62. The Kier molecular flexibility index (Phi) is 55.0. The fourth-order valence-electron chi connectivity index (χ4n) is 18.1. The number of halogens is 28. The second-order valence-corrected chi connectivity index (χ2v) is 50.8. The van der Waals surface area contributed by atoms with E-state index in [1.807, 2.05) is 34.8 Å². The summed E-state index contributed by atoms with van der Waals surface area (Å²) in [5.41, 5.74) is 11.7. The van der Waals surface area contributed by atoms with Gasteiger partial charge in [0.1, 0.15) is 0 Å². The lowest BCUT2D eigenvalue weighted by Crippen LogP contribution is -2.12. The van der Waals surface area contributed by atoms with Crippen LogP contribution in [0.25, 0.3) is 60.8 Å². The molecular formula is C112H114Cl28S4. The molecule has 0 bridgehead atoms. The summed E-state index contributed by atoms with van der Waals surface area (Å²) in [6.45, 7) is 18.2. The molecule has 4 heterocycles. The van der Waals surface area contributed by atoms with E-state index in [9.17, 15) is 0 Å². The summed E-state index contributed by atoms with van der Waals surface area (Å²) in [6.07, 6.45) is 65.8. The second-order valence-electron chi connectivity index (χ2n) is 35.9. The zero-order valence-electron chi connectivity index (χ0n) is 81.3. The third-order valence-corrected chi connectivity index (χ3v) is 43.2. The van der Waals surface area contributed by atoms with Crippen LogP contribution >= 0.6 is 370 Å². The van der Waals surface area contributed by atoms with E-state index in [4.69, 9.17) is 325 Å². The van der Waals surface area contributed by atoms with E-state index in [0.29, 0.717) is 11.1 Å². The molecule has 0 aliphatic rings. The zero-order valence-corrected chi connectivity index (χ0v) is 106. The molecule has 2 radical (unpaired) electrons. The lowest BCUT2D eigenvalue weighted by Gasteiger charge is -2.28. The number of rotatable bonds is 56. The molecule has 0 amide bonds. The normalized spacial score (nSPS) is 12.3. The molecule has 0 N–H and O–H groups in total. The van der Waals surface area contributed by atoms with Crippen LogP contribution in [0.15, 0.2) is 0 Å². The fourth-order valence-corrected chi connectivity index (χ4v) is 30.6. The summed E-state index contributed by atoms with van der Waals surface area (Å²) in [4.78, 5) is 9.84. The van der Waals surface area contributed by atoms with Gasteiger partial charge in [-0.2, -0.15) is 0 Å². The van der Waals surface area contributed by atoms with Crippen molar-refractivity contribution in [1.29, 1.82) is 0 Å².